The van der Waals surface area contributed by atoms with Crippen molar-refractivity contribution in [2.24, 2.45) is 0 Å². The smallest absolute Gasteiger partial charge is 0.289 e. The van der Waals surface area contributed by atoms with Gasteiger partial charge in [-0.1, -0.05) is 0 Å². The lowest BCUT2D eigenvalue weighted by atomic mass is 10.2. The van der Waals surface area contributed by atoms with E-state index >= 15 is 0 Å². The number of hydrogen-bond acceptors (Lipinski definition) is 6. The standard InChI is InChI=1S/C20H18FN3O4S/c1-12(28-16-9-5-14(21)6-10-16)18(25)23-24-19(26)17-11-29-20(22-17)13-3-7-15(27-2)8-4-13/h3-12H,1-2H3,(H,23,25)(H,24,26). The van der Waals surface area contributed by atoms with Gasteiger partial charge in [-0.15, -0.1) is 11.3 Å². The van der Waals surface area contributed by atoms with Crippen molar-refractivity contribution in [3.8, 4) is 22.1 Å². The van der Waals surface area contributed by atoms with Crippen LogP contribution in [-0.4, -0.2) is 30.0 Å². The van der Waals surface area contributed by atoms with Crippen molar-refractivity contribution >= 4 is 23.2 Å². The van der Waals surface area contributed by atoms with Gasteiger partial charge < -0.3 is 9.47 Å². The molecule has 1 aromatic heterocycles. The van der Waals surface area contributed by atoms with E-state index in [1.54, 1.807) is 24.6 Å². The van der Waals surface area contributed by atoms with Crippen LogP contribution < -0.4 is 20.3 Å². The van der Waals surface area contributed by atoms with E-state index in [9.17, 15) is 14.0 Å². The van der Waals surface area contributed by atoms with Crippen LogP contribution in [0.2, 0.25) is 0 Å². The number of methoxy groups -OCH3 is 1. The Kier molecular flexibility index (Phi) is 6.40. The highest BCUT2D eigenvalue weighted by atomic mass is 32.1. The maximum Gasteiger partial charge on any atom is 0.289 e. The summed E-state index contributed by atoms with van der Waals surface area (Å²) in [7, 11) is 1.58. The van der Waals surface area contributed by atoms with E-state index in [-0.39, 0.29) is 5.69 Å². The number of carbonyl (C=O) groups excluding carboxylic acids is 2. The van der Waals surface area contributed by atoms with Gasteiger partial charge in [0.15, 0.2) is 6.10 Å². The summed E-state index contributed by atoms with van der Waals surface area (Å²) in [6, 6.07) is 12.6. The molecule has 1 unspecified atom stereocenters. The van der Waals surface area contributed by atoms with Gasteiger partial charge in [-0.3, -0.25) is 20.4 Å². The number of hydrogen-bond donors (Lipinski definition) is 2. The van der Waals surface area contributed by atoms with Gasteiger partial charge in [0.2, 0.25) is 0 Å². The molecule has 0 radical (unpaired) electrons. The summed E-state index contributed by atoms with van der Waals surface area (Å²) >= 11 is 1.31. The molecule has 3 aromatic rings. The largest absolute Gasteiger partial charge is 0.497 e. The third-order valence-electron chi connectivity index (χ3n) is 3.87. The number of halogens is 1. The van der Waals surface area contributed by atoms with Crippen LogP contribution in [0.1, 0.15) is 17.4 Å². The summed E-state index contributed by atoms with van der Waals surface area (Å²) < 4.78 is 23.4. The Morgan fingerprint density at radius 1 is 1.03 bits per heavy atom. The SMILES string of the molecule is COc1ccc(-c2nc(C(=O)NNC(=O)C(C)Oc3ccc(F)cc3)cs2)cc1. The van der Waals surface area contributed by atoms with Gasteiger partial charge in [0.05, 0.1) is 7.11 Å². The van der Waals surface area contributed by atoms with Gasteiger partial charge >= 0.3 is 0 Å². The van der Waals surface area contributed by atoms with Crippen LogP contribution in [0.15, 0.2) is 53.9 Å². The van der Waals surface area contributed by atoms with E-state index in [1.165, 1.54) is 42.5 Å². The van der Waals surface area contributed by atoms with Gasteiger partial charge in [-0.25, -0.2) is 9.37 Å². The van der Waals surface area contributed by atoms with Crippen molar-refractivity contribution in [1.29, 1.82) is 0 Å². The molecule has 0 saturated carbocycles. The summed E-state index contributed by atoms with van der Waals surface area (Å²) in [4.78, 5) is 28.6. The Bertz CT molecular complexity index is 990. The zero-order chi connectivity index (χ0) is 20.8. The molecule has 3 rings (SSSR count). The fourth-order valence-corrected chi connectivity index (χ4v) is 3.11. The van der Waals surface area contributed by atoms with Gasteiger partial charge in [0.25, 0.3) is 11.8 Å². The molecule has 1 heterocycles. The second-order valence-electron chi connectivity index (χ2n) is 5.92. The van der Waals surface area contributed by atoms with Crippen LogP contribution in [0, 0.1) is 5.82 Å². The molecule has 29 heavy (non-hydrogen) atoms. The number of benzene rings is 2. The summed E-state index contributed by atoms with van der Waals surface area (Å²) in [5, 5.41) is 2.26. The molecule has 0 bridgehead atoms. The molecule has 0 aliphatic heterocycles. The summed E-state index contributed by atoms with van der Waals surface area (Å²) in [6.07, 6.45) is -0.897. The molecule has 0 spiro atoms. The zero-order valence-corrected chi connectivity index (χ0v) is 16.5. The van der Waals surface area contributed by atoms with Crippen molar-refractivity contribution < 1.29 is 23.5 Å². The van der Waals surface area contributed by atoms with Crippen molar-refractivity contribution in [2.75, 3.05) is 7.11 Å². The maximum atomic E-state index is 12.9. The second-order valence-corrected chi connectivity index (χ2v) is 6.78. The molecule has 0 saturated heterocycles. The Balaban J connectivity index is 1.54. The van der Waals surface area contributed by atoms with Crippen LogP contribution in [0.5, 0.6) is 11.5 Å². The first-order valence-electron chi connectivity index (χ1n) is 8.58. The van der Waals surface area contributed by atoms with E-state index in [2.05, 4.69) is 15.8 Å². The molecule has 1 atom stereocenters. The van der Waals surface area contributed by atoms with E-state index in [1.807, 2.05) is 12.1 Å². The lowest BCUT2D eigenvalue weighted by Crippen LogP contribution is -2.47. The van der Waals surface area contributed by atoms with Crippen molar-refractivity contribution in [3.63, 3.8) is 0 Å². The van der Waals surface area contributed by atoms with E-state index in [4.69, 9.17) is 9.47 Å². The highest BCUT2D eigenvalue weighted by molar-refractivity contribution is 7.13. The van der Waals surface area contributed by atoms with E-state index in [0.29, 0.717) is 10.8 Å². The number of nitrogens with one attached hydrogen (secondary N) is 2. The first-order valence-corrected chi connectivity index (χ1v) is 9.46. The maximum absolute atomic E-state index is 12.9. The van der Waals surface area contributed by atoms with Crippen LogP contribution in [0.4, 0.5) is 4.39 Å². The molecule has 9 heteroatoms. The van der Waals surface area contributed by atoms with Crippen molar-refractivity contribution in [2.45, 2.75) is 13.0 Å². The third kappa shape index (κ3) is 5.29. The highest BCUT2D eigenvalue weighted by Gasteiger charge is 2.17. The normalized spacial score (nSPS) is 11.4. The number of hydrazine groups is 1. The Morgan fingerprint density at radius 2 is 1.69 bits per heavy atom. The molecule has 2 N–H and O–H groups in total. The molecule has 7 nitrogen and oxygen atoms in total. The third-order valence-corrected chi connectivity index (χ3v) is 4.76. The average Bonchev–Trinajstić information content (AvgIpc) is 3.23. The highest BCUT2D eigenvalue weighted by Crippen LogP contribution is 2.25. The molecule has 2 amide bonds. The second kappa shape index (κ2) is 9.16. The Morgan fingerprint density at radius 3 is 2.34 bits per heavy atom. The molecular weight excluding hydrogens is 397 g/mol. The molecular formula is C20H18FN3O4S. The lowest BCUT2D eigenvalue weighted by Gasteiger charge is -2.14. The van der Waals surface area contributed by atoms with Crippen molar-refractivity contribution in [1.82, 2.24) is 15.8 Å². The Labute approximate surface area is 170 Å². The molecule has 0 fully saturated rings. The predicted molar refractivity (Wildman–Crippen MR) is 106 cm³/mol. The van der Waals surface area contributed by atoms with E-state index in [0.717, 1.165) is 11.3 Å². The van der Waals surface area contributed by atoms with Crippen molar-refractivity contribution in [3.05, 3.63) is 65.4 Å². The monoisotopic (exact) mass is 415 g/mol. The quantitative estimate of drug-likeness (QED) is 0.604. The number of carbonyl (C=O) groups is 2. The first-order chi connectivity index (χ1) is 14.0. The minimum atomic E-state index is -0.897. The van der Waals surface area contributed by atoms with E-state index < -0.39 is 23.7 Å². The minimum Gasteiger partial charge on any atom is -0.497 e. The van der Waals surface area contributed by atoms with Gasteiger partial charge in [-0.2, -0.15) is 0 Å². The van der Waals surface area contributed by atoms with Crippen LogP contribution >= 0.6 is 11.3 Å². The number of aromatic nitrogens is 1. The molecule has 150 valence electrons. The summed E-state index contributed by atoms with van der Waals surface area (Å²) in [6.45, 7) is 1.51. The first kappa shape index (κ1) is 20.3. The van der Waals surface area contributed by atoms with Crippen LogP contribution in [0.25, 0.3) is 10.6 Å². The lowest BCUT2D eigenvalue weighted by molar-refractivity contribution is -0.128. The fourth-order valence-electron chi connectivity index (χ4n) is 2.30. The minimum absolute atomic E-state index is 0.174. The summed E-state index contributed by atoms with van der Waals surface area (Å²) in [5.41, 5.74) is 5.61. The molecule has 0 aliphatic rings. The Hall–Kier alpha value is -3.46. The fraction of sp³-hybridized carbons (Fsp3) is 0.150. The van der Waals surface area contributed by atoms with Gasteiger partial charge in [0, 0.05) is 10.9 Å². The number of thiazole rings is 1. The average molecular weight is 415 g/mol. The number of rotatable bonds is 6. The topological polar surface area (TPSA) is 89.5 Å². The van der Waals surface area contributed by atoms with Crippen LogP contribution in [0.3, 0.4) is 0 Å². The number of ether oxygens (including phenoxy) is 2. The summed E-state index contributed by atoms with van der Waals surface area (Å²) in [5.74, 6) is -0.456. The van der Waals surface area contributed by atoms with Gasteiger partial charge in [-0.05, 0) is 55.5 Å². The van der Waals surface area contributed by atoms with Crippen LogP contribution in [-0.2, 0) is 4.79 Å². The zero-order valence-electron chi connectivity index (χ0n) is 15.6. The number of nitrogens with zero attached hydrogens (tertiary/aromatic N) is 1. The molecule has 0 aliphatic carbocycles. The van der Waals surface area contributed by atoms with Gasteiger partial charge in [0.1, 0.15) is 28.0 Å². The predicted octanol–water partition coefficient (Wildman–Crippen LogP) is 3.19. The molecule has 2 aromatic carbocycles. The number of amides is 2.